The lowest BCUT2D eigenvalue weighted by Gasteiger charge is -2.37. The summed E-state index contributed by atoms with van der Waals surface area (Å²) in [5.74, 6) is -0.0274. The second-order valence-electron chi connectivity index (χ2n) is 7.08. The molecule has 0 bridgehead atoms. The van der Waals surface area contributed by atoms with Crippen LogP contribution in [0.25, 0.3) is 5.69 Å². The van der Waals surface area contributed by atoms with E-state index in [1.165, 1.54) is 0 Å². The number of nitrogens with zero attached hydrogens (tertiary/aromatic N) is 2. The number of hydrogen-bond acceptors (Lipinski definition) is 3. The largest absolute Gasteiger partial charge is 0.349 e. The Labute approximate surface area is 155 Å². The number of halogens is 1. The van der Waals surface area contributed by atoms with E-state index in [1.54, 1.807) is 6.20 Å². The van der Waals surface area contributed by atoms with E-state index in [4.69, 9.17) is 5.73 Å². The van der Waals surface area contributed by atoms with Gasteiger partial charge >= 0.3 is 0 Å². The van der Waals surface area contributed by atoms with Gasteiger partial charge in [-0.1, -0.05) is 25.0 Å². The molecule has 0 saturated heterocycles. The molecular weight excluding hydrogens is 336 g/mol. The van der Waals surface area contributed by atoms with Crippen LogP contribution in [0.3, 0.4) is 0 Å². The molecule has 1 aromatic heterocycles. The van der Waals surface area contributed by atoms with Crippen LogP contribution in [0.5, 0.6) is 0 Å². The molecule has 136 valence electrons. The fourth-order valence-electron chi connectivity index (χ4n) is 3.52. The van der Waals surface area contributed by atoms with Gasteiger partial charge in [-0.25, -0.2) is 4.68 Å². The summed E-state index contributed by atoms with van der Waals surface area (Å²) in [5, 5.41) is 7.35. The van der Waals surface area contributed by atoms with E-state index in [1.807, 2.05) is 55.1 Å². The summed E-state index contributed by atoms with van der Waals surface area (Å²) in [6.07, 6.45) is 7.65. The van der Waals surface area contributed by atoms with Gasteiger partial charge in [0.15, 0.2) is 0 Å². The standard InChI is InChI=1S/C19H26N4O.ClH/c1-14(22-18(24)17-6-3-4-11-19(17,2)20)15-7-9-16(10-8-15)23-13-5-12-21-23;/h5,7-10,12-14,17H,3-4,6,11,20H2,1-2H3,(H,22,24);1H. The molecule has 1 aliphatic carbocycles. The summed E-state index contributed by atoms with van der Waals surface area (Å²) in [7, 11) is 0. The average Bonchev–Trinajstić information content (AvgIpc) is 3.09. The maximum absolute atomic E-state index is 12.6. The third-order valence-electron chi connectivity index (χ3n) is 5.09. The van der Waals surface area contributed by atoms with E-state index in [0.717, 1.165) is 36.9 Å². The summed E-state index contributed by atoms with van der Waals surface area (Å²) in [5.41, 5.74) is 8.03. The summed E-state index contributed by atoms with van der Waals surface area (Å²) >= 11 is 0. The van der Waals surface area contributed by atoms with Gasteiger partial charge in [0.1, 0.15) is 0 Å². The van der Waals surface area contributed by atoms with Crippen LogP contribution in [-0.2, 0) is 4.79 Å². The van der Waals surface area contributed by atoms with Crippen molar-refractivity contribution >= 4 is 18.3 Å². The van der Waals surface area contributed by atoms with Crippen LogP contribution in [-0.4, -0.2) is 21.2 Å². The zero-order valence-corrected chi connectivity index (χ0v) is 15.6. The van der Waals surface area contributed by atoms with Crippen LogP contribution in [0.15, 0.2) is 42.7 Å². The van der Waals surface area contributed by atoms with Crippen molar-refractivity contribution < 1.29 is 4.79 Å². The number of amides is 1. The molecule has 1 amide bonds. The average molecular weight is 363 g/mol. The fourth-order valence-corrected chi connectivity index (χ4v) is 3.52. The number of benzene rings is 1. The van der Waals surface area contributed by atoms with Gasteiger partial charge in [0.25, 0.3) is 0 Å². The van der Waals surface area contributed by atoms with Gasteiger partial charge in [-0.2, -0.15) is 5.10 Å². The molecule has 1 saturated carbocycles. The Morgan fingerprint density at radius 3 is 2.68 bits per heavy atom. The Hall–Kier alpha value is -1.85. The normalized spacial score (nSPS) is 24.2. The molecule has 1 aromatic carbocycles. The van der Waals surface area contributed by atoms with Crippen LogP contribution < -0.4 is 11.1 Å². The zero-order valence-electron chi connectivity index (χ0n) is 14.8. The van der Waals surface area contributed by atoms with Crippen LogP contribution in [0.4, 0.5) is 0 Å². The van der Waals surface area contributed by atoms with E-state index in [2.05, 4.69) is 10.4 Å². The lowest BCUT2D eigenvalue weighted by atomic mass is 9.74. The maximum atomic E-state index is 12.6. The molecule has 0 aliphatic heterocycles. The first-order valence-corrected chi connectivity index (χ1v) is 8.66. The summed E-state index contributed by atoms with van der Waals surface area (Å²) in [6.45, 7) is 4.01. The van der Waals surface area contributed by atoms with Crippen molar-refractivity contribution in [3.8, 4) is 5.69 Å². The van der Waals surface area contributed by atoms with Gasteiger partial charge in [-0.3, -0.25) is 4.79 Å². The van der Waals surface area contributed by atoms with Crippen molar-refractivity contribution in [3.63, 3.8) is 0 Å². The molecule has 1 aliphatic rings. The van der Waals surface area contributed by atoms with Gasteiger partial charge in [-0.15, -0.1) is 12.4 Å². The first-order chi connectivity index (χ1) is 11.5. The second-order valence-corrected chi connectivity index (χ2v) is 7.08. The van der Waals surface area contributed by atoms with Crippen molar-refractivity contribution in [1.29, 1.82) is 0 Å². The number of carbonyl (C=O) groups is 1. The van der Waals surface area contributed by atoms with Crippen LogP contribution in [0, 0.1) is 5.92 Å². The van der Waals surface area contributed by atoms with Crippen molar-refractivity contribution in [2.75, 3.05) is 0 Å². The van der Waals surface area contributed by atoms with Gasteiger partial charge in [0, 0.05) is 17.9 Å². The van der Waals surface area contributed by atoms with E-state index >= 15 is 0 Å². The monoisotopic (exact) mass is 362 g/mol. The number of nitrogens with two attached hydrogens (primary N) is 1. The highest BCUT2D eigenvalue weighted by Gasteiger charge is 2.38. The highest BCUT2D eigenvalue weighted by atomic mass is 35.5. The quantitative estimate of drug-likeness (QED) is 0.875. The number of nitrogens with one attached hydrogen (secondary N) is 1. The first kappa shape index (κ1) is 19.5. The minimum atomic E-state index is -0.397. The van der Waals surface area contributed by atoms with Gasteiger partial charge < -0.3 is 11.1 Å². The summed E-state index contributed by atoms with van der Waals surface area (Å²) in [4.78, 5) is 12.6. The predicted molar refractivity (Wildman–Crippen MR) is 102 cm³/mol. The lowest BCUT2D eigenvalue weighted by molar-refractivity contribution is -0.128. The van der Waals surface area contributed by atoms with Gasteiger partial charge in [-0.05, 0) is 50.5 Å². The van der Waals surface area contributed by atoms with Crippen LogP contribution in [0.2, 0.25) is 0 Å². The van der Waals surface area contributed by atoms with Crippen molar-refractivity contribution in [2.45, 2.75) is 51.1 Å². The van der Waals surface area contributed by atoms with Crippen molar-refractivity contribution in [2.24, 2.45) is 11.7 Å². The van der Waals surface area contributed by atoms with Crippen molar-refractivity contribution in [3.05, 3.63) is 48.3 Å². The van der Waals surface area contributed by atoms with E-state index in [-0.39, 0.29) is 30.3 Å². The predicted octanol–water partition coefficient (Wildman–Crippen LogP) is 3.38. The Morgan fingerprint density at radius 2 is 2.08 bits per heavy atom. The summed E-state index contributed by atoms with van der Waals surface area (Å²) < 4.78 is 1.81. The Morgan fingerprint density at radius 1 is 1.36 bits per heavy atom. The van der Waals surface area contributed by atoms with E-state index in [0.29, 0.717) is 0 Å². The molecule has 3 rings (SSSR count). The smallest absolute Gasteiger partial charge is 0.225 e. The van der Waals surface area contributed by atoms with Crippen LogP contribution in [0.1, 0.15) is 51.1 Å². The molecule has 25 heavy (non-hydrogen) atoms. The molecule has 0 spiro atoms. The molecule has 1 fully saturated rings. The number of hydrogen-bond donors (Lipinski definition) is 2. The third kappa shape index (κ3) is 4.41. The highest BCUT2D eigenvalue weighted by Crippen LogP contribution is 2.32. The summed E-state index contributed by atoms with van der Waals surface area (Å²) in [6, 6.07) is 9.94. The molecule has 1 heterocycles. The minimum Gasteiger partial charge on any atom is -0.349 e. The van der Waals surface area contributed by atoms with Crippen LogP contribution >= 0.6 is 12.4 Å². The third-order valence-corrected chi connectivity index (χ3v) is 5.09. The molecule has 0 radical (unpaired) electrons. The van der Waals surface area contributed by atoms with E-state index in [9.17, 15) is 4.79 Å². The second kappa shape index (κ2) is 8.02. The van der Waals surface area contributed by atoms with E-state index < -0.39 is 5.54 Å². The number of rotatable bonds is 4. The zero-order chi connectivity index (χ0) is 17.2. The molecule has 3 N–H and O–H groups in total. The number of carbonyl (C=O) groups excluding carboxylic acids is 1. The Bertz CT molecular complexity index is 682. The molecular formula is C19H27ClN4O. The van der Waals surface area contributed by atoms with Gasteiger partial charge in [0.05, 0.1) is 17.6 Å². The molecule has 6 heteroatoms. The molecule has 3 atom stereocenters. The maximum Gasteiger partial charge on any atom is 0.225 e. The number of aromatic nitrogens is 2. The molecule has 3 unspecified atom stereocenters. The minimum absolute atomic E-state index is 0. The first-order valence-electron chi connectivity index (χ1n) is 8.66. The highest BCUT2D eigenvalue weighted by molar-refractivity contribution is 5.85. The SMILES string of the molecule is CC(NC(=O)C1CCCCC1(C)N)c1ccc(-n2cccn2)cc1.Cl. The fraction of sp³-hybridized carbons (Fsp3) is 0.474. The van der Waals surface area contributed by atoms with Gasteiger partial charge in [0.2, 0.25) is 5.91 Å². The Kier molecular flexibility index (Phi) is 6.25. The molecule has 5 nitrogen and oxygen atoms in total. The van der Waals surface area contributed by atoms with Crippen molar-refractivity contribution in [1.82, 2.24) is 15.1 Å². The molecule has 2 aromatic rings. The topological polar surface area (TPSA) is 72.9 Å². The Balaban J connectivity index is 0.00000225. The lowest BCUT2D eigenvalue weighted by Crippen LogP contribution is -2.53.